The van der Waals surface area contributed by atoms with E-state index in [0.717, 1.165) is 53.1 Å². The van der Waals surface area contributed by atoms with Crippen LogP contribution in [0.15, 0.2) is 77.8 Å². The molecule has 2 aliphatic rings. The van der Waals surface area contributed by atoms with E-state index in [1.807, 2.05) is 46.6 Å². The van der Waals surface area contributed by atoms with Crippen molar-refractivity contribution in [2.45, 2.75) is 24.2 Å². The summed E-state index contributed by atoms with van der Waals surface area (Å²) < 4.78 is 13.3. The minimum absolute atomic E-state index is 0.568. The molecular weight excluding hydrogens is 456 g/mol. The van der Waals surface area contributed by atoms with Gasteiger partial charge in [-0.3, -0.25) is 0 Å². The monoisotopic (exact) mass is 484 g/mol. The van der Waals surface area contributed by atoms with Gasteiger partial charge in [-0.2, -0.15) is 5.10 Å². The maximum absolute atomic E-state index is 5.77. The molecule has 0 bridgehead atoms. The van der Waals surface area contributed by atoms with Crippen molar-refractivity contribution in [1.29, 1.82) is 0 Å². The number of hydrogen-bond donors (Lipinski definition) is 0. The lowest BCUT2D eigenvalue weighted by atomic mass is 10.1. The van der Waals surface area contributed by atoms with Gasteiger partial charge < -0.3 is 14.4 Å². The van der Waals surface area contributed by atoms with Crippen molar-refractivity contribution >= 4 is 17.4 Å². The van der Waals surface area contributed by atoms with Crippen LogP contribution < -0.4 is 9.47 Å². The number of pyridine rings is 1. The van der Waals surface area contributed by atoms with Crippen molar-refractivity contribution in [3.05, 3.63) is 84.3 Å². The predicted molar refractivity (Wildman–Crippen MR) is 139 cm³/mol. The van der Waals surface area contributed by atoms with Crippen molar-refractivity contribution < 1.29 is 9.47 Å². The molecule has 4 heterocycles. The van der Waals surface area contributed by atoms with Crippen LogP contribution >= 0.6 is 11.8 Å². The van der Waals surface area contributed by atoms with E-state index in [1.54, 1.807) is 0 Å². The lowest BCUT2D eigenvalue weighted by molar-refractivity contribution is 0.171. The van der Waals surface area contributed by atoms with Gasteiger partial charge in [-0.05, 0) is 60.9 Å². The van der Waals surface area contributed by atoms with E-state index in [-0.39, 0.29) is 0 Å². The van der Waals surface area contributed by atoms with Gasteiger partial charge in [0.25, 0.3) is 0 Å². The van der Waals surface area contributed by atoms with Crippen LogP contribution in [0.3, 0.4) is 0 Å². The van der Waals surface area contributed by atoms with E-state index in [4.69, 9.17) is 19.6 Å². The fourth-order valence-electron chi connectivity index (χ4n) is 4.62. The van der Waals surface area contributed by atoms with Gasteiger partial charge in [0.15, 0.2) is 23.0 Å². The third-order valence-corrected chi connectivity index (χ3v) is 7.57. The normalized spacial score (nSPS) is 15.0. The summed E-state index contributed by atoms with van der Waals surface area (Å²) in [4.78, 5) is 8.46. The molecule has 4 aromatic rings. The molecule has 0 amide bonds. The second-order valence-electron chi connectivity index (χ2n) is 8.94. The Bertz CT molecular complexity index is 1360. The van der Waals surface area contributed by atoms with Gasteiger partial charge in [-0.1, -0.05) is 24.8 Å². The van der Waals surface area contributed by atoms with Crippen molar-refractivity contribution in [3.8, 4) is 22.8 Å². The van der Waals surface area contributed by atoms with Crippen LogP contribution in [0, 0.1) is 0 Å². The number of aromatic nitrogens is 3. The Kier molecular flexibility index (Phi) is 6.08. The summed E-state index contributed by atoms with van der Waals surface area (Å²) in [7, 11) is 0. The molecule has 7 heteroatoms. The van der Waals surface area contributed by atoms with Gasteiger partial charge in [-0.15, -0.1) is 11.8 Å². The second-order valence-corrected chi connectivity index (χ2v) is 9.99. The summed E-state index contributed by atoms with van der Waals surface area (Å²) in [6.45, 7) is 7.73. The first kappa shape index (κ1) is 22.0. The first-order chi connectivity index (χ1) is 17.2. The average molecular weight is 485 g/mol. The Labute approximate surface area is 209 Å². The molecule has 0 aliphatic carbocycles. The second kappa shape index (κ2) is 9.66. The fraction of sp³-hybridized carbons (Fsp3) is 0.286. The van der Waals surface area contributed by atoms with Crippen LogP contribution in [-0.2, 0) is 6.42 Å². The average Bonchev–Trinajstić information content (AvgIpc) is 3.58. The quantitative estimate of drug-likeness (QED) is 0.325. The Balaban J connectivity index is 1.16. The number of ether oxygens (including phenoxy) is 2. The molecule has 0 saturated carbocycles. The highest BCUT2D eigenvalue weighted by molar-refractivity contribution is 7.99. The van der Waals surface area contributed by atoms with Crippen LogP contribution in [0.2, 0.25) is 0 Å². The zero-order chi connectivity index (χ0) is 23.6. The fourth-order valence-corrected chi connectivity index (χ4v) is 5.47. The number of benzene rings is 2. The Morgan fingerprint density at radius 1 is 0.943 bits per heavy atom. The van der Waals surface area contributed by atoms with E-state index in [1.165, 1.54) is 29.0 Å². The van der Waals surface area contributed by atoms with Crippen LogP contribution in [0.25, 0.3) is 16.9 Å². The molecule has 178 valence electrons. The maximum atomic E-state index is 5.77. The SMILES string of the molecule is C=C(CSc1ccc(Cc2nc3cccc(-c4ccc5c(c4)OCCO5)n3n2)cc1)N1CCCC1. The molecule has 0 N–H and O–H groups in total. The summed E-state index contributed by atoms with van der Waals surface area (Å²) in [5.74, 6) is 3.30. The first-order valence-electron chi connectivity index (χ1n) is 12.1. The molecule has 0 atom stereocenters. The Morgan fingerprint density at radius 3 is 2.57 bits per heavy atom. The Morgan fingerprint density at radius 2 is 1.74 bits per heavy atom. The van der Waals surface area contributed by atoms with Crippen molar-refractivity contribution in [2.24, 2.45) is 0 Å². The zero-order valence-corrected chi connectivity index (χ0v) is 20.5. The lowest BCUT2D eigenvalue weighted by Crippen LogP contribution is -2.18. The third-order valence-electron chi connectivity index (χ3n) is 6.49. The number of thioether (sulfide) groups is 1. The molecule has 6 nitrogen and oxygen atoms in total. The molecule has 35 heavy (non-hydrogen) atoms. The summed E-state index contributed by atoms with van der Waals surface area (Å²) in [5.41, 5.74) is 5.26. The van der Waals surface area contributed by atoms with E-state index >= 15 is 0 Å². The molecule has 0 unspecified atom stereocenters. The van der Waals surface area contributed by atoms with Gasteiger partial charge in [0.05, 0.1) is 5.69 Å². The van der Waals surface area contributed by atoms with Gasteiger partial charge in [0.2, 0.25) is 0 Å². The number of fused-ring (bicyclic) bond motifs is 2. The van der Waals surface area contributed by atoms with Crippen LogP contribution in [0.4, 0.5) is 0 Å². The van der Waals surface area contributed by atoms with Crippen molar-refractivity contribution in [1.82, 2.24) is 19.5 Å². The van der Waals surface area contributed by atoms with Gasteiger partial charge >= 0.3 is 0 Å². The highest BCUT2D eigenvalue weighted by Gasteiger charge is 2.16. The highest BCUT2D eigenvalue weighted by atomic mass is 32.2. The standard InChI is InChI=1S/C28H28N4O2S/c1-20(31-13-2-3-14-31)19-35-23-10-7-21(8-11-23)17-27-29-28-6-4-5-24(32(28)30-27)22-9-12-25-26(18-22)34-16-15-33-25/h4-12,18H,1-3,13-17,19H2. The molecule has 0 spiro atoms. The maximum Gasteiger partial charge on any atom is 0.162 e. The van der Waals surface area contributed by atoms with Crippen LogP contribution in [0.5, 0.6) is 11.5 Å². The summed E-state index contributed by atoms with van der Waals surface area (Å²) >= 11 is 1.85. The largest absolute Gasteiger partial charge is 0.486 e. The van der Waals surface area contributed by atoms with Gasteiger partial charge in [0.1, 0.15) is 13.2 Å². The smallest absolute Gasteiger partial charge is 0.162 e. The highest BCUT2D eigenvalue weighted by Crippen LogP contribution is 2.34. The van der Waals surface area contributed by atoms with Gasteiger partial charge in [0, 0.05) is 41.4 Å². The molecule has 2 aliphatic heterocycles. The molecule has 6 rings (SSSR count). The minimum Gasteiger partial charge on any atom is -0.486 e. The molecule has 1 saturated heterocycles. The summed E-state index contributed by atoms with van der Waals surface area (Å²) in [5, 5.41) is 4.83. The Hall–Kier alpha value is -3.45. The molecule has 2 aromatic heterocycles. The molecule has 0 radical (unpaired) electrons. The topological polar surface area (TPSA) is 51.9 Å². The molecule has 2 aromatic carbocycles. The summed E-state index contributed by atoms with van der Waals surface area (Å²) in [6, 6.07) is 20.8. The van der Waals surface area contributed by atoms with Crippen LogP contribution in [0.1, 0.15) is 24.2 Å². The zero-order valence-electron chi connectivity index (χ0n) is 19.7. The van der Waals surface area contributed by atoms with Crippen molar-refractivity contribution in [2.75, 3.05) is 32.1 Å². The minimum atomic E-state index is 0.568. The molecular formula is C28H28N4O2S. The lowest BCUT2D eigenvalue weighted by Gasteiger charge is -2.19. The number of hydrogen-bond acceptors (Lipinski definition) is 6. The van der Waals surface area contributed by atoms with E-state index in [0.29, 0.717) is 19.6 Å². The molecule has 1 fully saturated rings. The summed E-state index contributed by atoms with van der Waals surface area (Å²) in [6.07, 6.45) is 3.26. The van der Waals surface area contributed by atoms with Crippen LogP contribution in [-0.4, -0.2) is 51.6 Å². The number of rotatable bonds is 7. The van der Waals surface area contributed by atoms with Crippen molar-refractivity contribution in [3.63, 3.8) is 0 Å². The third kappa shape index (κ3) is 4.73. The van der Waals surface area contributed by atoms with Gasteiger partial charge in [-0.25, -0.2) is 9.50 Å². The predicted octanol–water partition coefficient (Wildman–Crippen LogP) is 5.46. The van der Waals surface area contributed by atoms with E-state index in [9.17, 15) is 0 Å². The number of likely N-dealkylation sites (tertiary alicyclic amines) is 1. The van der Waals surface area contributed by atoms with E-state index in [2.05, 4.69) is 41.8 Å². The number of nitrogens with zero attached hydrogens (tertiary/aromatic N) is 4. The first-order valence-corrected chi connectivity index (χ1v) is 13.1. The van der Waals surface area contributed by atoms with E-state index < -0.39 is 0 Å².